The SMILES string of the molecule is CNC1CCCCC1CC1Cc2cc(C)ccc2O1. The molecule has 2 nitrogen and oxygen atoms in total. The van der Waals surface area contributed by atoms with E-state index in [4.69, 9.17) is 4.74 Å². The van der Waals surface area contributed by atoms with Crippen LogP contribution in [0.2, 0.25) is 0 Å². The first-order chi connectivity index (χ1) is 9.26. The van der Waals surface area contributed by atoms with Crippen LogP contribution in [0.5, 0.6) is 5.75 Å². The lowest BCUT2D eigenvalue weighted by molar-refractivity contribution is 0.155. The first kappa shape index (κ1) is 13.0. The van der Waals surface area contributed by atoms with E-state index in [1.807, 2.05) is 0 Å². The van der Waals surface area contributed by atoms with E-state index >= 15 is 0 Å². The van der Waals surface area contributed by atoms with Gasteiger partial charge >= 0.3 is 0 Å². The highest BCUT2D eigenvalue weighted by Gasteiger charge is 2.30. The summed E-state index contributed by atoms with van der Waals surface area (Å²) in [7, 11) is 2.11. The van der Waals surface area contributed by atoms with Gasteiger partial charge in [-0.25, -0.2) is 0 Å². The normalized spacial score (nSPS) is 29.9. The van der Waals surface area contributed by atoms with Crippen molar-refractivity contribution in [2.75, 3.05) is 7.05 Å². The Morgan fingerprint density at radius 1 is 1.26 bits per heavy atom. The predicted octanol–water partition coefficient (Wildman–Crippen LogP) is 3.47. The Bertz CT molecular complexity index is 443. The number of benzene rings is 1. The highest BCUT2D eigenvalue weighted by Crippen LogP contribution is 2.35. The Labute approximate surface area is 116 Å². The van der Waals surface area contributed by atoms with Crippen LogP contribution in [0, 0.1) is 12.8 Å². The summed E-state index contributed by atoms with van der Waals surface area (Å²) in [6.45, 7) is 2.16. The monoisotopic (exact) mass is 259 g/mol. The zero-order valence-electron chi connectivity index (χ0n) is 12.1. The Kier molecular flexibility index (Phi) is 3.79. The maximum Gasteiger partial charge on any atom is 0.123 e. The van der Waals surface area contributed by atoms with E-state index in [0.717, 1.165) is 18.1 Å². The van der Waals surface area contributed by atoms with Crippen LogP contribution < -0.4 is 10.1 Å². The fraction of sp³-hybridized carbons (Fsp3) is 0.647. The molecule has 0 spiro atoms. The van der Waals surface area contributed by atoms with Gasteiger partial charge in [0, 0.05) is 12.5 Å². The molecule has 1 aliphatic heterocycles. The van der Waals surface area contributed by atoms with Crippen molar-refractivity contribution in [2.45, 2.75) is 57.6 Å². The van der Waals surface area contributed by atoms with Gasteiger partial charge in [0.15, 0.2) is 0 Å². The Hall–Kier alpha value is -1.02. The van der Waals surface area contributed by atoms with Crippen molar-refractivity contribution in [1.82, 2.24) is 5.32 Å². The molecule has 1 aliphatic carbocycles. The molecule has 1 N–H and O–H groups in total. The van der Waals surface area contributed by atoms with E-state index in [0.29, 0.717) is 12.1 Å². The van der Waals surface area contributed by atoms with E-state index in [1.54, 1.807) is 0 Å². The smallest absolute Gasteiger partial charge is 0.123 e. The third-order valence-corrected chi connectivity index (χ3v) is 4.80. The van der Waals surface area contributed by atoms with E-state index in [2.05, 4.69) is 37.5 Å². The molecule has 0 amide bonds. The molecule has 3 rings (SSSR count). The summed E-state index contributed by atoms with van der Waals surface area (Å²) in [5.74, 6) is 1.91. The van der Waals surface area contributed by atoms with E-state index in [1.165, 1.54) is 43.2 Å². The third-order valence-electron chi connectivity index (χ3n) is 4.80. The molecule has 1 heterocycles. The molecule has 2 aliphatic rings. The summed E-state index contributed by atoms with van der Waals surface area (Å²) < 4.78 is 6.13. The summed E-state index contributed by atoms with van der Waals surface area (Å²) >= 11 is 0. The summed E-state index contributed by atoms with van der Waals surface area (Å²) in [6, 6.07) is 7.27. The average Bonchev–Trinajstić information content (AvgIpc) is 2.80. The minimum atomic E-state index is 0.399. The van der Waals surface area contributed by atoms with E-state index < -0.39 is 0 Å². The highest BCUT2D eigenvalue weighted by molar-refractivity contribution is 5.40. The van der Waals surface area contributed by atoms with Crippen molar-refractivity contribution in [1.29, 1.82) is 0 Å². The van der Waals surface area contributed by atoms with Gasteiger partial charge in [0.1, 0.15) is 11.9 Å². The predicted molar refractivity (Wildman–Crippen MR) is 78.7 cm³/mol. The van der Waals surface area contributed by atoms with Gasteiger partial charge in [-0.15, -0.1) is 0 Å². The van der Waals surface area contributed by atoms with Crippen LogP contribution in [0.3, 0.4) is 0 Å². The van der Waals surface area contributed by atoms with Crippen LogP contribution >= 0.6 is 0 Å². The fourth-order valence-corrected chi connectivity index (χ4v) is 3.79. The number of aryl methyl sites for hydroxylation is 1. The summed E-state index contributed by atoms with van der Waals surface area (Å²) in [5.41, 5.74) is 2.75. The fourth-order valence-electron chi connectivity index (χ4n) is 3.79. The molecule has 0 aromatic heterocycles. The molecule has 3 atom stereocenters. The highest BCUT2D eigenvalue weighted by atomic mass is 16.5. The van der Waals surface area contributed by atoms with Crippen LogP contribution in [0.15, 0.2) is 18.2 Å². The summed E-state index contributed by atoms with van der Waals surface area (Å²) in [6.07, 6.45) is 8.18. The van der Waals surface area contributed by atoms with Crippen LogP contribution in [-0.2, 0) is 6.42 Å². The molecule has 0 radical (unpaired) electrons. The van der Waals surface area contributed by atoms with E-state index in [9.17, 15) is 0 Å². The first-order valence-electron chi connectivity index (χ1n) is 7.69. The Balaban J connectivity index is 1.63. The number of fused-ring (bicyclic) bond motifs is 1. The molecule has 2 heteroatoms. The first-order valence-corrected chi connectivity index (χ1v) is 7.69. The zero-order chi connectivity index (χ0) is 13.2. The minimum absolute atomic E-state index is 0.399. The topological polar surface area (TPSA) is 21.3 Å². The lowest BCUT2D eigenvalue weighted by Crippen LogP contribution is -2.38. The zero-order valence-corrected chi connectivity index (χ0v) is 12.1. The van der Waals surface area contributed by atoms with Crippen LogP contribution in [0.25, 0.3) is 0 Å². The molecule has 1 fully saturated rings. The van der Waals surface area contributed by atoms with Gasteiger partial charge in [-0.2, -0.15) is 0 Å². The molecule has 19 heavy (non-hydrogen) atoms. The number of hydrogen-bond acceptors (Lipinski definition) is 2. The quantitative estimate of drug-likeness (QED) is 0.897. The summed E-state index contributed by atoms with van der Waals surface area (Å²) in [5, 5.41) is 3.50. The molecule has 0 bridgehead atoms. The van der Waals surface area contributed by atoms with Gasteiger partial charge in [0.05, 0.1) is 0 Å². The van der Waals surface area contributed by atoms with Gasteiger partial charge in [-0.05, 0) is 50.8 Å². The van der Waals surface area contributed by atoms with Gasteiger partial charge in [-0.1, -0.05) is 30.5 Å². The number of nitrogens with one attached hydrogen (secondary N) is 1. The van der Waals surface area contributed by atoms with Crippen LogP contribution in [0.4, 0.5) is 0 Å². The summed E-state index contributed by atoms with van der Waals surface area (Å²) in [4.78, 5) is 0. The van der Waals surface area contributed by atoms with Crippen molar-refractivity contribution in [3.05, 3.63) is 29.3 Å². The van der Waals surface area contributed by atoms with E-state index in [-0.39, 0.29) is 0 Å². The lowest BCUT2D eigenvalue weighted by atomic mass is 9.80. The van der Waals surface area contributed by atoms with Crippen molar-refractivity contribution in [3.63, 3.8) is 0 Å². The van der Waals surface area contributed by atoms with Gasteiger partial charge in [0.25, 0.3) is 0 Å². The number of hydrogen-bond donors (Lipinski definition) is 1. The molecule has 1 saturated carbocycles. The molecular formula is C17H25NO. The lowest BCUT2D eigenvalue weighted by Gasteiger charge is -2.32. The Morgan fingerprint density at radius 2 is 2.11 bits per heavy atom. The minimum Gasteiger partial charge on any atom is -0.490 e. The standard InChI is InChI=1S/C17H25NO/c1-12-7-8-17-14(9-12)11-15(19-17)10-13-5-3-4-6-16(13)18-2/h7-9,13,15-16,18H,3-6,10-11H2,1-2H3. The molecular weight excluding hydrogens is 234 g/mol. The van der Waals surface area contributed by atoms with Gasteiger partial charge in [0.2, 0.25) is 0 Å². The molecule has 3 unspecified atom stereocenters. The van der Waals surface area contributed by atoms with Crippen LogP contribution in [-0.4, -0.2) is 19.2 Å². The molecule has 1 aromatic carbocycles. The molecule has 0 saturated heterocycles. The average molecular weight is 259 g/mol. The maximum absolute atomic E-state index is 6.13. The van der Waals surface area contributed by atoms with Gasteiger partial charge < -0.3 is 10.1 Å². The molecule has 104 valence electrons. The van der Waals surface area contributed by atoms with Crippen molar-refractivity contribution in [3.8, 4) is 5.75 Å². The second-order valence-corrected chi connectivity index (χ2v) is 6.23. The third kappa shape index (κ3) is 2.79. The maximum atomic E-state index is 6.13. The van der Waals surface area contributed by atoms with Crippen LogP contribution in [0.1, 0.15) is 43.2 Å². The largest absolute Gasteiger partial charge is 0.490 e. The number of rotatable bonds is 3. The van der Waals surface area contributed by atoms with Crippen molar-refractivity contribution in [2.24, 2.45) is 5.92 Å². The second-order valence-electron chi connectivity index (χ2n) is 6.23. The van der Waals surface area contributed by atoms with Gasteiger partial charge in [-0.3, -0.25) is 0 Å². The molecule has 1 aromatic rings. The second kappa shape index (κ2) is 5.54. The van der Waals surface area contributed by atoms with Crippen molar-refractivity contribution >= 4 is 0 Å². The Morgan fingerprint density at radius 3 is 2.95 bits per heavy atom. The number of ether oxygens (including phenoxy) is 1. The van der Waals surface area contributed by atoms with Crippen molar-refractivity contribution < 1.29 is 4.74 Å².